The van der Waals surface area contributed by atoms with Crippen LogP contribution >= 0.6 is 0 Å². The van der Waals surface area contributed by atoms with Crippen LogP contribution in [0.3, 0.4) is 0 Å². The van der Waals surface area contributed by atoms with Crippen LogP contribution in [0, 0.1) is 11.7 Å². The van der Waals surface area contributed by atoms with Crippen molar-refractivity contribution >= 4 is 5.91 Å². The lowest BCUT2D eigenvalue weighted by Gasteiger charge is -2.41. The summed E-state index contributed by atoms with van der Waals surface area (Å²) in [5, 5.41) is 33.3. The number of halogens is 1. The molecule has 1 saturated carbocycles. The molecule has 4 N–H and O–H groups in total. The van der Waals surface area contributed by atoms with E-state index in [4.69, 9.17) is 9.47 Å². The highest BCUT2D eigenvalue weighted by atomic mass is 19.1. The molecule has 7 nitrogen and oxygen atoms in total. The summed E-state index contributed by atoms with van der Waals surface area (Å²) in [4.78, 5) is 11.2. The lowest BCUT2D eigenvalue weighted by molar-refractivity contribution is -0.163. The average molecular weight is 462 g/mol. The minimum Gasteiger partial charge on any atom is -0.488 e. The van der Waals surface area contributed by atoms with Crippen molar-refractivity contribution in [2.75, 3.05) is 20.3 Å². The monoisotopic (exact) mass is 461 g/mol. The Labute approximate surface area is 193 Å². The first-order chi connectivity index (χ1) is 15.8. The van der Waals surface area contributed by atoms with Gasteiger partial charge in [-0.15, -0.1) is 0 Å². The number of rotatable bonds is 9. The second-order valence-electron chi connectivity index (χ2n) is 8.41. The molecule has 3 rings (SSSR count). The number of aliphatic hydroxyl groups is 3. The molecule has 0 unspecified atom stereocenters. The number of aliphatic hydroxyl groups excluding tert-OH is 3. The van der Waals surface area contributed by atoms with Gasteiger partial charge in [-0.1, -0.05) is 18.2 Å². The van der Waals surface area contributed by atoms with Gasteiger partial charge in [0.1, 0.15) is 29.9 Å². The SMILES string of the molecule is CO[C@H]1[C@H](CCO)C[C@@H](Oc2ccc(CCNC(C)=O)c(-c3cccc(F)c3)c2)[C@H](O)[C@@H]1O. The second kappa shape index (κ2) is 11.6. The molecule has 1 aliphatic rings. The molecule has 1 aliphatic carbocycles. The first-order valence-corrected chi connectivity index (χ1v) is 11.1. The summed E-state index contributed by atoms with van der Waals surface area (Å²) in [6, 6.07) is 11.6. The van der Waals surface area contributed by atoms with E-state index in [0.717, 1.165) is 11.1 Å². The van der Waals surface area contributed by atoms with E-state index in [0.29, 0.717) is 37.1 Å². The molecular formula is C25H32FNO6. The Kier molecular flexibility index (Phi) is 8.80. The van der Waals surface area contributed by atoms with Crippen molar-refractivity contribution in [2.24, 2.45) is 5.92 Å². The first kappa shape index (κ1) is 25.1. The fourth-order valence-corrected chi connectivity index (χ4v) is 4.48. The molecule has 0 spiro atoms. The lowest BCUT2D eigenvalue weighted by Crippen LogP contribution is -2.56. The Morgan fingerprint density at radius 1 is 1.18 bits per heavy atom. The molecule has 33 heavy (non-hydrogen) atoms. The van der Waals surface area contributed by atoms with Gasteiger partial charge in [-0.3, -0.25) is 4.79 Å². The number of ether oxygens (including phenoxy) is 2. The summed E-state index contributed by atoms with van der Waals surface area (Å²) in [6.45, 7) is 1.83. The van der Waals surface area contributed by atoms with E-state index in [1.54, 1.807) is 24.3 Å². The third-order valence-electron chi connectivity index (χ3n) is 6.11. The maximum Gasteiger partial charge on any atom is 0.216 e. The first-order valence-electron chi connectivity index (χ1n) is 11.1. The van der Waals surface area contributed by atoms with E-state index in [-0.39, 0.29) is 24.2 Å². The second-order valence-corrected chi connectivity index (χ2v) is 8.41. The topological polar surface area (TPSA) is 108 Å². The molecule has 0 heterocycles. The van der Waals surface area contributed by atoms with Gasteiger partial charge in [-0.25, -0.2) is 4.39 Å². The number of amides is 1. The summed E-state index contributed by atoms with van der Waals surface area (Å²) < 4.78 is 25.4. The molecule has 1 fully saturated rings. The molecule has 2 aromatic carbocycles. The van der Waals surface area contributed by atoms with Gasteiger partial charge in [-0.2, -0.15) is 0 Å². The average Bonchev–Trinajstić information content (AvgIpc) is 2.78. The van der Waals surface area contributed by atoms with Crippen LogP contribution in [0.1, 0.15) is 25.3 Å². The predicted octanol–water partition coefficient (Wildman–Crippen LogP) is 2.06. The highest BCUT2D eigenvalue weighted by Gasteiger charge is 2.44. The zero-order valence-corrected chi connectivity index (χ0v) is 18.9. The van der Waals surface area contributed by atoms with Gasteiger partial charge >= 0.3 is 0 Å². The Balaban J connectivity index is 1.87. The van der Waals surface area contributed by atoms with Crippen LogP contribution < -0.4 is 10.1 Å². The van der Waals surface area contributed by atoms with E-state index >= 15 is 0 Å². The maximum atomic E-state index is 13.9. The largest absolute Gasteiger partial charge is 0.488 e. The summed E-state index contributed by atoms with van der Waals surface area (Å²) in [5.41, 5.74) is 2.33. The Hall–Kier alpha value is -2.52. The van der Waals surface area contributed by atoms with Crippen molar-refractivity contribution in [2.45, 2.75) is 50.6 Å². The Morgan fingerprint density at radius 3 is 2.64 bits per heavy atom. The van der Waals surface area contributed by atoms with Crippen LogP contribution in [0.5, 0.6) is 5.75 Å². The minimum absolute atomic E-state index is 0.0627. The molecule has 0 bridgehead atoms. The van der Waals surface area contributed by atoms with Gasteiger partial charge in [0.25, 0.3) is 0 Å². The highest BCUT2D eigenvalue weighted by Crippen LogP contribution is 2.34. The third-order valence-corrected chi connectivity index (χ3v) is 6.11. The molecule has 0 aromatic heterocycles. The Morgan fingerprint density at radius 2 is 1.97 bits per heavy atom. The van der Waals surface area contributed by atoms with Gasteiger partial charge in [0.05, 0.1) is 6.10 Å². The summed E-state index contributed by atoms with van der Waals surface area (Å²) in [7, 11) is 1.47. The predicted molar refractivity (Wildman–Crippen MR) is 121 cm³/mol. The van der Waals surface area contributed by atoms with Gasteiger partial charge in [0, 0.05) is 27.2 Å². The summed E-state index contributed by atoms with van der Waals surface area (Å²) in [5.74, 6) is -0.204. The number of methoxy groups -OCH3 is 1. The molecule has 180 valence electrons. The summed E-state index contributed by atoms with van der Waals surface area (Å²) >= 11 is 0. The molecule has 8 heteroatoms. The minimum atomic E-state index is -1.16. The van der Waals surface area contributed by atoms with E-state index in [2.05, 4.69) is 5.32 Å². The Bertz CT molecular complexity index is 939. The van der Waals surface area contributed by atoms with E-state index in [1.165, 1.54) is 26.2 Å². The van der Waals surface area contributed by atoms with Gasteiger partial charge in [0.2, 0.25) is 5.91 Å². The standard InChI is InChI=1S/C25H32FNO6/c1-15(29)27-10-8-16-6-7-20(14-21(16)17-4-3-5-19(26)12-17)33-22-13-18(9-11-28)25(32-2)24(31)23(22)30/h3-7,12,14,18,22-25,28,30-31H,8-11,13H2,1-2H3,(H,27,29)/t18-,22-,23+,24+,25+/m1/s1. The normalized spacial score (nSPS) is 25.0. The molecule has 0 radical (unpaired) electrons. The number of nitrogens with one attached hydrogen (secondary N) is 1. The molecule has 0 aliphatic heterocycles. The van der Waals surface area contributed by atoms with E-state index in [1.807, 2.05) is 6.07 Å². The molecule has 1 amide bonds. The molecule has 5 atom stereocenters. The lowest BCUT2D eigenvalue weighted by atomic mass is 9.79. The maximum absolute atomic E-state index is 13.9. The van der Waals surface area contributed by atoms with Crippen molar-refractivity contribution in [3.63, 3.8) is 0 Å². The quantitative estimate of drug-likeness (QED) is 0.455. The van der Waals surface area contributed by atoms with E-state index in [9.17, 15) is 24.5 Å². The zero-order valence-electron chi connectivity index (χ0n) is 18.9. The van der Waals surface area contributed by atoms with Crippen molar-refractivity contribution in [3.8, 4) is 16.9 Å². The van der Waals surface area contributed by atoms with Crippen molar-refractivity contribution in [3.05, 3.63) is 53.8 Å². The van der Waals surface area contributed by atoms with Crippen LogP contribution in [0.15, 0.2) is 42.5 Å². The van der Waals surface area contributed by atoms with E-state index < -0.39 is 24.4 Å². The fourth-order valence-electron chi connectivity index (χ4n) is 4.48. The number of hydrogen-bond acceptors (Lipinski definition) is 6. The van der Waals surface area contributed by atoms with Crippen LogP contribution in [0.4, 0.5) is 4.39 Å². The number of carbonyl (C=O) groups excluding carboxylic acids is 1. The van der Waals surface area contributed by atoms with Crippen LogP contribution in [-0.4, -0.2) is 65.9 Å². The van der Waals surface area contributed by atoms with Crippen LogP contribution in [-0.2, 0) is 16.0 Å². The molecular weight excluding hydrogens is 429 g/mol. The zero-order chi connectivity index (χ0) is 24.0. The smallest absolute Gasteiger partial charge is 0.216 e. The molecule has 0 saturated heterocycles. The fraction of sp³-hybridized carbons (Fsp3) is 0.480. The van der Waals surface area contributed by atoms with Crippen molar-refractivity contribution in [1.29, 1.82) is 0 Å². The summed E-state index contributed by atoms with van der Waals surface area (Å²) in [6.07, 6.45) is -2.24. The third kappa shape index (κ3) is 6.29. The molecule has 2 aromatic rings. The number of hydrogen-bond donors (Lipinski definition) is 4. The van der Waals surface area contributed by atoms with Gasteiger partial charge in [-0.05, 0) is 66.1 Å². The van der Waals surface area contributed by atoms with Gasteiger partial charge < -0.3 is 30.1 Å². The van der Waals surface area contributed by atoms with Crippen molar-refractivity contribution in [1.82, 2.24) is 5.32 Å². The van der Waals surface area contributed by atoms with Gasteiger partial charge in [0.15, 0.2) is 0 Å². The van der Waals surface area contributed by atoms with Crippen LogP contribution in [0.25, 0.3) is 11.1 Å². The van der Waals surface area contributed by atoms with Crippen molar-refractivity contribution < 1.29 is 34.0 Å². The number of benzene rings is 2. The highest BCUT2D eigenvalue weighted by molar-refractivity contribution is 5.73. The van der Waals surface area contributed by atoms with Crippen LogP contribution in [0.2, 0.25) is 0 Å². The number of carbonyl (C=O) groups is 1.